The van der Waals surface area contributed by atoms with E-state index in [2.05, 4.69) is 5.32 Å². The third kappa shape index (κ3) is 2.02. The number of nitrogens with one attached hydrogen (secondary N) is 1. The number of rotatable bonds is 3. The average Bonchev–Trinajstić information content (AvgIpc) is 2.71. The number of hydrogen-bond acceptors (Lipinski definition) is 3. The van der Waals surface area contributed by atoms with Gasteiger partial charge in [0.15, 0.2) is 0 Å². The summed E-state index contributed by atoms with van der Waals surface area (Å²) >= 11 is 0. The zero-order valence-corrected chi connectivity index (χ0v) is 9.19. The van der Waals surface area contributed by atoms with Crippen molar-refractivity contribution in [3.05, 3.63) is 29.8 Å². The zero-order valence-electron chi connectivity index (χ0n) is 9.19. The number of carbonyl (C=O) groups is 1. The van der Waals surface area contributed by atoms with Gasteiger partial charge in [-0.05, 0) is 25.6 Å². The van der Waals surface area contributed by atoms with Crippen LogP contribution in [0.5, 0.6) is 5.75 Å². The summed E-state index contributed by atoms with van der Waals surface area (Å²) in [7, 11) is 0. The van der Waals surface area contributed by atoms with Gasteiger partial charge in [0, 0.05) is 13.0 Å². The Morgan fingerprint density at radius 1 is 1.44 bits per heavy atom. The van der Waals surface area contributed by atoms with E-state index in [0.29, 0.717) is 25.3 Å². The Bertz CT molecular complexity index is 380. The molecule has 1 heterocycles. The molecular formula is C12H15NO3. The van der Waals surface area contributed by atoms with Crippen molar-refractivity contribution in [1.82, 2.24) is 5.32 Å². The van der Waals surface area contributed by atoms with Crippen LogP contribution in [0.1, 0.15) is 12.0 Å². The largest absolute Gasteiger partial charge is 0.478 e. The molecule has 0 amide bonds. The molecule has 4 nitrogen and oxygen atoms in total. The lowest BCUT2D eigenvalue weighted by molar-refractivity contribution is -0.153. The molecule has 4 heteroatoms. The Hall–Kier alpha value is -1.55. The number of benzene rings is 1. The number of aliphatic carboxylic acids is 1. The fourth-order valence-electron chi connectivity index (χ4n) is 1.81. The van der Waals surface area contributed by atoms with Gasteiger partial charge in [-0.15, -0.1) is 0 Å². The molecular weight excluding hydrogens is 206 g/mol. The molecule has 0 saturated carbocycles. The number of hydrogen-bond donors (Lipinski definition) is 2. The van der Waals surface area contributed by atoms with Crippen LogP contribution < -0.4 is 10.1 Å². The first-order valence-electron chi connectivity index (χ1n) is 5.32. The summed E-state index contributed by atoms with van der Waals surface area (Å²) in [6, 6.07) is 7.43. The molecule has 16 heavy (non-hydrogen) atoms. The summed E-state index contributed by atoms with van der Waals surface area (Å²) < 4.78 is 5.62. The molecule has 1 aliphatic rings. The van der Waals surface area contributed by atoms with E-state index in [0.717, 1.165) is 5.56 Å². The highest BCUT2D eigenvalue weighted by atomic mass is 16.5. The second-order valence-electron chi connectivity index (χ2n) is 4.14. The summed E-state index contributed by atoms with van der Waals surface area (Å²) in [5.74, 6) is -0.297. The molecule has 0 bridgehead atoms. The monoisotopic (exact) mass is 221 g/mol. The Labute approximate surface area is 94.2 Å². The van der Waals surface area contributed by atoms with Crippen molar-refractivity contribution in [1.29, 1.82) is 0 Å². The molecule has 1 atom stereocenters. The van der Waals surface area contributed by atoms with Crippen LogP contribution >= 0.6 is 0 Å². The standard InChI is InChI=1S/C12H15NO3/c1-9-2-4-10(5-3-9)16-12(11(14)15)6-7-13-8-12/h2-5,13H,6-8H2,1H3,(H,14,15). The molecule has 2 rings (SSSR count). The van der Waals surface area contributed by atoms with E-state index < -0.39 is 11.6 Å². The first-order chi connectivity index (χ1) is 7.62. The van der Waals surface area contributed by atoms with Gasteiger partial charge >= 0.3 is 5.97 Å². The van der Waals surface area contributed by atoms with Crippen LogP contribution in [0.15, 0.2) is 24.3 Å². The number of aryl methyl sites for hydroxylation is 1. The first kappa shape index (κ1) is 11.0. The van der Waals surface area contributed by atoms with Gasteiger partial charge in [0.2, 0.25) is 5.60 Å². The van der Waals surface area contributed by atoms with Crippen LogP contribution in [0.25, 0.3) is 0 Å². The number of carboxylic acid groups (broad SMARTS) is 1. The first-order valence-corrected chi connectivity index (χ1v) is 5.32. The fourth-order valence-corrected chi connectivity index (χ4v) is 1.81. The number of ether oxygens (including phenoxy) is 1. The van der Waals surface area contributed by atoms with Gasteiger partial charge in [0.05, 0.1) is 0 Å². The summed E-state index contributed by atoms with van der Waals surface area (Å²) in [5.41, 5.74) is 0.0243. The van der Waals surface area contributed by atoms with Crippen molar-refractivity contribution < 1.29 is 14.6 Å². The van der Waals surface area contributed by atoms with E-state index in [9.17, 15) is 9.90 Å². The van der Waals surface area contributed by atoms with Gasteiger partial charge in [0.1, 0.15) is 5.75 Å². The Balaban J connectivity index is 2.18. The van der Waals surface area contributed by atoms with Gasteiger partial charge in [-0.2, -0.15) is 0 Å². The van der Waals surface area contributed by atoms with Gasteiger partial charge in [0.25, 0.3) is 0 Å². The maximum absolute atomic E-state index is 11.2. The lowest BCUT2D eigenvalue weighted by atomic mass is 10.0. The fraction of sp³-hybridized carbons (Fsp3) is 0.417. The second-order valence-corrected chi connectivity index (χ2v) is 4.14. The van der Waals surface area contributed by atoms with Crippen molar-refractivity contribution >= 4 is 5.97 Å². The van der Waals surface area contributed by atoms with Crippen molar-refractivity contribution in [3.8, 4) is 5.75 Å². The van der Waals surface area contributed by atoms with E-state index in [4.69, 9.17) is 4.74 Å². The molecule has 0 aromatic heterocycles. The van der Waals surface area contributed by atoms with Crippen LogP contribution in [0.4, 0.5) is 0 Å². The minimum absolute atomic E-state index is 0.357. The van der Waals surface area contributed by atoms with Crippen LogP contribution in [-0.4, -0.2) is 29.8 Å². The van der Waals surface area contributed by atoms with Crippen LogP contribution in [-0.2, 0) is 4.79 Å². The maximum atomic E-state index is 11.2. The van der Waals surface area contributed by atoms with E-state index in [-0.39, 0.29) is 0 Å². The molecule has 1 fully saturated rings. The lowest BCUT2D eigenvalue weighted by Gasteiger charge is -2.24. The quantitative estimate of drug-likeness (QED) is 0.805. The lowest BCUT2D eigenvalue weighted by Crippen LogP contribution is -2.46. The van der Waals surface area contributed by atoms with Crippen molar-refractivity contribution in [2.45, 2.75) is 18.9 Å². The van der Waals surface area contributed by atoms with Gasteiger partial charge in [-0.3, -0.25) is 0 Å². The second kappa shape index (κ2) is 4.14. The van der Waals surface area contributed by atoms with E-state index in [1.165, 1.54) is 0 Å². The molecule has 0 spiro atoms. The third-order valence-corrected chi connectivity index (χ3v) is 2.84. The van der Waals surface area contributed by atoms with Gasteiger partial charge < -0.3 is 15.2 Å². The molecule has 2 N–H and O–H groups in total. The molecule has 1 aromatic carbocycles. The normalized spacial score (nSPS) is 24.3. The van der Waals surface area contributed by atoms with E-state index in [1.54, 1.807) is 12.1 Å². The summed E-state index contributed by atoms with van der Waals surface area (Å²) in [4.78, 5) is 11.2. The van der Waals surface area contributed by atoms with E-state index >= 15 is 0 Å². The van der Waals surface area contributed by atoms with Crippen LogP contribution in [0.2, 0.25) is 0 Å². The molecule has 1 aromatic rings. The molecule has 0 radical (unpaired) electrons. The van der Waals surface area contributed by atoms with E-state index in [1.807, 2.05) is 19.1 Å². The predicted octanol–water partition coefficient (Wildman–Crippen LogP) is 1.19. The maximum Gasteiger partial charge on any atom is 0.349 e. The number of carboxylic acids is 1. The van der Waals surface area contributed by atoms with Crippen molar-refractivity contribution in [2.24, 2.45) is 0 Å². The Morgan fingerprint density at radius 3 is 2.62 bits per heavy atom. The summed E-state index contributed by atoms with van der Waals surface area (Å²) in [6.45, 7) is 3.02. The van der Waals surface area contributed by atoms with Crippen molar-refractivity contribution in [2.75, 3.05) is 13.1 Å². The Morgan fingerprint density at radius 2 is 2.12 bits per heavy atom. The molecule has 1 saturated heterocycles. The Kier molecular flexibility index (Phi) is 2.83. The molecule has 1 aliphatic heterocycles. The summed E-state index contributed by atoms with van der Waals surface area (Å²) in [6.07, 6.45) is 0.496. The zero-order chi connectivity index (χ0) is 11.6. The molecule has 1 unspecified atom stereocenters. The smallest absolute Gasteiger partial charge is 0.349 e. The topological polar surface area (TPSA) is 58.6 Å². The highest BCUT2D eigenvalue weighted by Crippen LogP contribution is 2.24. The van der Waals surface area contributed by atoms with Crippen LogP contribution in [0, 0.1) is 6.92 Å². The molecule has 0 aliphatic carbocycles. The highest BCUT2D eigenvalue weighted by molar-refractivity contribution is 5.78. The predicted molar refractivity (Wildman–Crippen MR) is 59.7 cm³/mol. The van der Waals surface area contributed by atoms with Gasteiger partial charge in [-0.1, -0.05) is 17.7 Å². The third-order valence-electron chi connectivity index (χ3n) is 2.84. The minimum Gasteiger partial charge on any atom is -0.478 e. The minimum atomic E-state index is -1.10. The summed E-state index contributed by atoms with van der Waals surface area (Å²) in [5, 5.41) is 12.2. The molecule has 86 valence electrons. The van der Waals surface area contributed by atoms with Gasteiger partial charge in [-0.25, -0.2) is 4.79 Å². The average molecular weight is 221 g/mol. The highest BCUT2D eigenvalue weighted by Gasteiger charge is 2.44. The van der Waals surface area contributed by atoms with Crippen LogP contribution in [0.3, 0.4) is 0 Å². The van der Waals surface area contributed by atoms with Crippen molar-refractivity contribution in [3.63, 3.8) is 0 Å². The SMILES string of the molecule is Cc1ccc(OC2(C(=O)O)CCNC2)cc1.